The Balaban J connectivity index is 1.99. The van der Waals surface area contributed by atoms with Crippen LogP contribution in [-0.2, 0) is 0 Å². The van der Waals surface area contributed by atoms with Gasteiger partial charge in [0.15, 0.2) is 0 Å². The summed E-state index contributed by atoms with van der Waals surface area (Å²) in [6, 6.07) is 0.799. The molecule has 0 aromatic heterocycles. The highest BCUT2D eigenvalue weighted by Gasteiger charge is 2.13. The van der Waals surface area contributed by atoms with Crippen LogP contribution in [0, 0.1) is 0 Å². The van der Waals surface area contributed by atoms with Gasteiger partial charge >= 0.3 is 0 Å². The van der Waals surface area contributed by atoms with Gasteiger partial charge in [-0.2, -0.15) is 0 Å². The van der Waals surface area contributed by atoms with E-state index in [2.05, 4.69) is 30.8 Å². The Morgan fingerprint density at radius 2 is 2.07 bits per heavy atom. The molecule has 0 saturated heterocycles. The van der Waals surface area contributed by atoms with Gasteiger partial charge in [-0.15, -0.1) is 0 Å². The molecule has 1 aliphatic carbocycles. The smallest absolute Gasteiger partial charge is 0.0184 e. The van der Waals surface area contributed by atoms with Gasteiger partial charge in [0.25, 0.3) is 0 Å². The molecule has 0 aromatic carbocycles. The monoisotopic (exact) mass is 196 g/mol. The molecule has 1 fully saturated rings. The van der Waals surface area contributed by atoms with Crippen molar-refractivity contribution in [1.82, 2.24) is 10.2 Å². The normalized spacial score (nSPS) is 17.9. The molecule has 1 rings (SSSR count). The predicted molar refractivity (Wildman–Crippen MR) is 62.6 cm³/mol. The van der Waals surface area contributed by atoms with Gasteiger partial charge in [0.05, 0.1) is 0 Å². The maximum atomic E-state index is 3.92. The molecule has 14 heavy (non-hydrogen) atoms. The molecule has 0 spiro atoms. The lowest BCUT2D eigenvalue weighted by Gasteiger charge is -2.18. The predicted octanol–water partition coefficient (Wildman–Crippen LogP) is 2.03. The maximum Gasteiger partial charge on any atom is 0.0184 e. The van der Waals surface area contributed by atoms with Crippen LogP contribution in [-0.4, -0.2) is 37.6 Å². The van der Waals surface area contributed by atoms with Gasteiger partial charge in [-0.25, -0.2) is 0 Å². The molecule has 1 saturated carbocycles. The number of hydrogen-bond donors (Lipinski definition) is 1. The largest absolute Gasteiger partial charge is 0.313 e. The van der Waals surface area contributed by atoms with Crippen molar-refractivity contribution in [3.8, 4) is 0 Å². The Bertz CT molecular complexity index is 171. The summed E-state index contributed by atoms with van der Waals surface area (Å²) in [5.74, 6) is 0. The molecule has 0 unspecified atom stereocenters. The molecule has 0 atom stereocenters. The molecule has 2 nitrogen and oxygen atoms in total. The van der Waals surface area contributed by atoms with Crippen LogP contribution < -0.4 is 5.32 Å². The van der Waals surface area contributed by atoms with Crippen LogP contribution in [0.5, 0.6) is 0 Å². The van der Waals surface area contributed by atoms with Crippen molar-refractivity contribution in [1.29, 1.82) is 0 Å². The van der Waals surface area contributed by atoms with E-state index >= 15 is 0 Å². The number of likely N-dealkylation sites (N-methyl/N-ethyl adjacent to an activating group) is 1. The molecule has 0 heterocycles. The average molecular weight is 196 g/mol. The number of hydrogen-bond acceptors (Lipinski definition) is 2. The first-order valence-electron chi connectivity index (χ1n) is 5.75. The van der Waals surface area contributed by atoms with Crippen LogP contribution in [0.15, 0.2) is 12.2 Å². The fourth-order valence-corrected chi connectivity index (χ4v) is 2.13. The van der Waals surface area contributed by atoms with E-state index in [4.69, 9.17) is 0 Å². The van der Waals surface area contributed by atoms with Gasteiger partial charge in [-0.3, -0.25) is 0 Å². The van der Waals surface area contributed by atoms with E-state index < -0.39 is 0 Å². The molecule has 1 aliphatic rings. The fraction of sp³-hybridized carbons (Fsp3) is 0.833. The van der Waals surface area contributed by atoms with E-state index in [1.54, 1.807) is 0 Å². The SMILES string of the molecule is C=C(C)CN(C)CCNC1CCCC1. The molecule has 82 valence electrons. The summed E-state index contributed by atoms with van der Waals surface area (Å²) in [5.41, 5.74) is 1.24. The van der Waals surface area contributed by atoms with Gasteiger partial charge in [-0.05, 0) is 26.8 Å². The Labute approximate surface area is 88.4 Å². The van der Waals surface area contributed by atoms with Gasteiger partial charge in [0, 0.05) is 25.7 Å². The minimum atomic E-state index is 0.799. The third kappa shape index (κ3) is 4.77. The lowest BCUT2D eigenvalue weighted by molar-refractivity contribution is 0.347. The highest BCUT2D eigenvalue weighted by Crippen LogP contribution is 2.17. The van der Waals surface area contributed by atoms with Crippen molar-refractivity contribution in [2.24, 2.45) is 0 Å². The molecule has 0 amide bonds. The lowest BCUT2D eigenvalue weighted by Crippen LogP contribution is -2.34. The highest BCUT2D eigenvalue weighted by molar-refractivity contribution is 4.91. The molecular weight excluding hydrogens is 172 g/mol. The number of rotatable bonds is 6. The Hall–Kier alpha value is -0.340. The van der Waals surface area contributed by atoms with Crippen molar-refractivity contribution in [2.75, 3.05) is 26.7 Å². The molecule has 0 aliphatic heterocycles. The molecule has 2 heteroatoms. The van der Waals surface area contributed by atoms with E-state index in [1.807, 2.05) is 0 Å². The van der Waals surface area contributed by atoms with E-state index in [9.17, 15) is 0 Å². The van der Waals surface area contributed by atoms with Crippen LogP contribution in [0.1, 0.15) is 32.6 Å². The molecule has 0 radical (unpaired) electrons. The second kappa shape index (κ2) is 6.20. The first kappa shape index (κ1) is 11.7. The Morgan fingerprint density at radius 3 is 2.64 bits per heavy atom. The van der Waals surface area contributed by atoms with Crippen molar-refractivity contribution < 1.29 is 0 Å². The average Bonchev–Trinajstić information content (AvgIpc) is 2.55. The summed E-state index contributed by atoms with van der Waals surface area (Å²) in [6.07, 6.45) is 5.59. The van der Waals surface area contributed by atoms with Crippen LogP contribution in [0.3, 0.4) is 0 Å². The zero-order valence-electron chi connectivity index (χ0n) is 9.68. The molecule has 0 aromatic rings. The standard InChI is InChI=1S/C12H24N2/c1-11(2)10-14(3)9-8-13-12-6-4-5-7-12/h12-13H,1,4-10H2,2-3H3. The first-order chi connectivity index (χ1) is 6.68. The third-order valence-electron chi connectivity index (χ3n) is 2.82. The Morgan fingerprint density at radius 1 is 1.43 bits per heavy atom. The third-order valence-corrected chi connectivity index (χ3v) is 2.82. The van der Waals surface area contributed by atoms with Gasteiger partial charge < -0.3 is 10.2 Å². The Kier molecular flexibility index (Phi) is 5.20. The summed E-state index contributed by atoms with van der Waals surface area (Å²) in [4.78, 5) is 2.32. The van der Waals surface area contributed by atoms with E-state index in [0.717, 1.165) is 25.7 Å². The van der Waals surface area contributed by atoms with Crippen LogP contribution >= 0.6 is 0 Å². The summed E-state index contributed by atoms with van der Waals surface area (Å²) in [5, 5.41) is 3.61. The summed E-state index contributed by atoms with van der Waals surface area (Å²) in [7, 11) is 2.16. The van der Waals surface area contributed by atoms with E-state index in [0.29, 0.717) is 0 Å². The summed E-state index contributed by atoms with van der Waals surface area (Å²) in [6.45, 7) is 9.27. The molecular formula is C12H24N2. The fourth-order valence-electron chi connectivity index (χ4n) is 2.13. The van der Waals surface area contributed by atoms with E-state index in [-0.39, 0.29) is 0 Å². The topological polar surface area (TPSA) is 15.3 Å². The second-order valence-electron chi connectivity index (χ2n) is 4.63. The van der Waals surface area contributed by atoms with Gasteiger partial charge in [0.2, 0.25) is 0 Å². The van der Waals surface area contributed by atoms with E-state index in [1.165, 1.54) is 31.3 Å². The second-order valence-corrected chi connectivity index (χ2v) is 4.63. The maximum absolute atomic E-state index is 3.92. The van der Waals surface area contributed by atoms with Crippen molar-refractivity contribution in [2.45, 2.75) is 38.6 Å². The zero-order valence-corrected chi connectivity index (χ0v) is 9.68. The van der Waals surface area contributed by atoms with Crippen LogP contribution in [0.25, 0.3) is 0 Å². The number of nitrogens with zero attached hydrogens (tertiary/aromatic N) is 1. The summed E-state index contributed by atoms with van der Waals surface area (Å²) < 4.78 is 0. The highest BCUT2D eigenvalue weighted by atomic mass is 15.1. The first-order valence-corrected chi connectivity index (χ1v) is 5.75. The van der Waals surface area contributed by atoms with Crippen LogP contribution in [0.4, 0.5) is 0 Å². The molecule has 1 N–H and O–H groups in total. The van der Waals surface area contributed by atoms with Crippen molar-refractivity contribution in [3.05, 3.63) is 12.2 Å². The van der Waals surface area contributed by atoms with Gasteiger partial charge in [-0.1, -0.05) is 25.0 Å². The van der Waals surface area contributed by atoms with Crippen LogP contribution in [0.2, 0.25) is 0 Å². The minimum Gasteiger partial charge on any atom is -0.313 e. The lowest BCUT2D eigenvalue weighted by atomic mass is 10.2. The molecule has 0 bridgehead atoms. The van der Waals surface area contributed by atoms with Crippen molar-refractivity contribution >= 4 is 0 Å². The van der Waals surface area contributed by atoms with Gasteiger partial charge in [0.1, 0.15) is 0 Å². The minimum absolute atomic E-state index is 0.799. The summed E-state index contributed by atoms with van der Waals surface area (Å²) >= 11 is 0. The number of nitrogens with one attached hydrogen (secondary N) is 1. The quantitative estimate of drug-likeness (QED) is 0.654. The zero-order chi connectivity index (χ0) is 10.4. The van der Waals surface area contributed by atoms with Crippen molar-refractivity contribution in [3.63, 3.8) is 0 Å².